The average Bonchev–Trinajstić information content (AvgIpc) is 2.73. The number of benzene rings is 1. The van der Waals surface area contributed by atoms with Gasteiger partial charge in [0, 0.05) is 9.50 Å². The number of nitrogens with one attached hydrogen (secondary N) is 1. The fraction of sp³-hybridized carbons (Fsp3) is 0.231. The molecule has 0 aliphatic heterocycles. The van der Waals surface area contributed by atoms with Crippen LogP contribution in [0.5, 0.6) is 0 Å². The molecule has 0 amide bonds. The first-order valence-electron chi connectivity index (χ1n) is 5.54. The van der Waals surface area contributed by atoms with Crippen LogP contribution in [0.4, 0.5) is 0 Å². The molecule has 1 heterocycles. The van der Waals surface area contributed by atoms with Crippen molar-refractivity contribution in [2.75, 3.05) is 6.54 Å². The van der Waals surface area contributed by atoms with E-state index in [2.05, 4.69) is 44.1 Å². The molecule has 0 aliphatic rings. The summed E-state index contributed by atoms with van der Waals surface area (Å²) in [6.45, 7) is 2.88. The zero-order chi connectivity index (χ0) is 13.1. The molecule has 2 rings (SSSR count). The molecule has 1 atom stereocenters. The van der Waals surface area contributed by atoms with E-state index >= 15 is 0 Å². The Bertz CT molecular complexity index is 542. The number of rotatable bonds is 4. The van der Waals surface area contributed by atoms with Gasteiger partial charge < -0.3 is 9.73 Å². The predicted molar refractivity (Wildman–Crippen MR) is 81.1 cm³/mol. The predicted octanol–water partition coefficient (Wildman–Crippen LogP) is 5.16. The third-order valence-electron chi connectivity index (χ3n) is 2.59. The zero-order valence-electron chi connectivity index (χ0n) is 9.71. The number of furan rings is 1. The van der Waals surface area contributed by atoms with Gasteiger partial charge in [-0.05, 0) is 46.2 Å². The molecule has 0 bridgehead atoms. The Hall–Kier alpha value is -0.290. The molecule has 0 radical (unpaired) electrons. The van der Waals surface area contributed by atoms with Crippen molar-refractivity contribution in [1.82, 2.24) is 5.32 Å². The molecule has 96 valence electrons. The molecule has 18 heavy (non-hydrogen) atoms. The first kappa shape index (κ1) is 14.1. The number of hydrogen-bond donors (Lipinski definition) is 1. The maximum absolute atomic E-state index is 6.30. The molecule has 0 fully saturated rings. The molecular formula is C13H12Br2ClNO. The highest BCUT2D eigenvalue weighted by atomic mass is 79.9. The van der Waals surface area contributed by atoms with E-state index in [0.717, 1.165) is 26.8 Å². The Kier molecular flexibility index (Phi) is 4.90. The van der Waals surface area contributed by atoms with E-state index in [1.807, 2.05) is 24.3 Å². The van der Waals surface area contributed by atoms with Crippen molar-refractivity contribution in [3.05, 3.63) is 55.8 Å². The lowest BCUT2D eigenvalue weighted by Crippen LogP contribution is -2.22. The van der Waals surface area contributed by atoms with Crippen LogP contribution in [0.15, 0.2) is 43.9 Å². The van der Waals surface area contributed by atoms with E-state index in [4.69, 9.17) is 16.0 Å². The summed E-state index contributed by atoms with van der Waals surface area (Å²) in [5, 5.41) is 4.09. The monoisotopic (exact) mass is 391 g/mol. The molecule has 0 aliphatic carbocycles. The van der Waals surface area contributed by atoms with Crippen LogP contribution >= 0.6 is 43.5 Å². The standard InChI is InChI=1S/C13H12Br2ClNO/c1-2-17-12(13-10(15)5-6-18-13)9-4-3-8(14)7-11(9)16/h3-7,12,17H,2H2,1H3. The van der Waals surface area contributed by atoms with Gasteiger partial charge in [0.05, 0.1) is 16.8 Å². The summed E-state index contributed by atoms with van der Waals surface area (Å²) in [6, 6.07) is 7.68. The molecular weight excluding hydrogens is 381 g/mol. The quantitative estimate of drug-likeness (QED) is 0.776. The van der Waals surface area contributed by atoms with Crippen LogP contribution in [0.25, 0.3) is 0 Å². The largest absolute Gasteiger partial charge is 0.466 e. The molecule has 1 N–H and O–H groups in total. The van der Waals surface area contributed by atoms with Crippen molar-refractivity contribution >= 4 is 43.5 Å². The lowest BCUT2D eigenvalue weighted by Gasteiger charge is -2.18. The van der Waals surface area contributed by atoms with Crippen molar-refractivity contribution in [1.29, 1.82) is 0 Å². The van der Waals surface area contributed by atoms with Crippen molar-refractivity contribution in [3.63, 3.8) is 0 Å². The second-order valence-electron chi connectivity index (χ2n) is 3.79. The Balaban J connectivity index is 2.45. The lowest BCUT2D eigenvalue weighted by molar-refractivity contribution is 0.450. The van der Waals surface area contributed by atoms with Crippen LogP contribution in [-0.2, 0) is 0 Å². The molecule has 1 aromatic heterocycles. The van der Waals surface area contributed by atoms with Gasteiger partial charge in [-0.3, -0.25) is 0 Å². The van der Waals surface area contributed by atoms with E-state index in [1.54, 1.807) is 6.26 Å². The topological polar surface area (TPSA) is 25.2 Å². The lowest BCUT2D eigenvalue weighted by atomic mass is 10.0. The summed E-state index contributed by atoms with van der Waals surface area (Å²) in [6.07, 6.45) is 1.66. The second-order valence-corrected chi connectivity index (χ2v) is 5.97. The van der Waals surface area contributed by atoms with Gasteiger partial charge >= 0.3 is 0 Å². The zero-order valence-corrected chi connectivity index (χ0v) is 13.6. The van der Waals surface area contributed by atoms with Crippen LogP contribution in [0.2, 0.25) is 5.02 Å². The molecule has 0 saturated carbocycles. The smallest absolute Gasteiger partial charge is 0.139 e. The number of hydrogen-bond acceptors (Lipinski definition) is 2. The van der Waals surface area contributed by atoms with Crippen LogP contribution < -0.4 is 5.32 Å². The van der Waals surface area contributed by atoms with Crippen molar-refractivity contribution in [3.8, 4) is 0 Å². The van der Waals surface area contributed by atoms with Crippen molar-refractivity contribution < 1.29 is 4.42 Å². The van der Waals surface area contributed by atoms with Gasteiger partial charge in [0.25, 0.3) is 0 Å². The summed E-state index contributed by atoms with van der Waals surface area (Å²) >= 11 is 13.2. The van der Waals surface area contributed by atoms with Crippen LogP contribution in [0.3, 0.4) is 0 Å². The van der Waals surface area contributed by atoms with Gasteiger partial charge in [0.1, 0.15) is 5.76 Å². The maximum atomic E-state index is 6.30. The van der Waals surface area contributed by atoms with Gasteiger partial charge in [-0.15, -0.1) is 0 Å². The summed E-state index contributed by atoms with van der Waals surface area (Å²) in [5.74, 6) is 0.834. The van der Waals surface area contributed by atoms with E-state index in [9.17, 15) is 0 Å². The van der Waals surface area contributed by atoms with Crippen molar-refractivity contribution in [2.45, 2.75) is 13.0 Å². The highest BCUT2D eigenvalue weighted by Gasteiger charge is 2.21. The van der Waals surface area contributed by atoms with Gasteiger partial charge in [0.2, 0.25) is 0 Å². The summed E-state index contributed by atoms with van der Waals surface area (Å²) in [5.41, 5.74) is 0.998. The third-order valence-corrected chi connectivity index (χ3v) is 4.06. The Morgan fingerprint density at radius 2 is 2.11 bits per heavy atom. The summed E-state index contributed by atoms with van der Waals surface area (Å²) in [7, 11) is 0. The van der Waals surface area contributed by atoms with Gasteiger partial charge in [0.15, 0.2) is 0 Å². The molecule has 0 saturated heterocycles. The van der Waals surface area contributed by atoms with E-state index in [1.165, 1.54) is 0 Å². The minimum Gasteiger partial charge on any atom is -0.466 e. The van der Waals surface area contributed by atoms with E-state index in [0.29, 0.717) is 5.02 Å². The van der Waals surface area contributed by atoms with Crippen LogP contribution in [0, 0.1) is 0 Å². The van der Waals surface area contributed by atoms with Crippen LogP contribution in [-0.4, -0.2) is 6.54 Å². The van der Waals surface area contributed by atoms with Crippen molar-refractivity contribution in [2.24, 2.45) is 0 Å². The summed E-state index contributed by atoms with van der Waals surface area (Å²) < 4.78 is 7.44. The van der Waals surface area contributed by atoms with E-state index < -0.39 is 0 Å². The Morgan fingerprint density at radius 3 is 2.67 bits per heavy atom. The first-order valence-corrected chi connectivity index (χ1v) is 7.51. The SMILES string of the molecule is CCNC(c1ccc(Br)cc1Cl)c1occc1Br. The average molecular weight is 394 g/mol. The Labute approximate surface area is 128 Å². The third kappa shape index (κ3) is 2.99. The minimum absolute atomic E-state index is 0.0556. The highest BCUT2D eigenvalue weighted by Crippen LogP contribution is 2.34. The molecule has 5 heteroatoms. The molecule has 1 unspecified atom stereocenters. The van der Waals surface area contributed by atoms with Crippen LogP contribution in [0.1, 0.15) is 24.3 Å². The fourth-order valence-corrected chi connectivity index (χ4v) is 3.01. The van der Waals surface area contributed by atoms with Gasteiger partial charge in [-0.25, -0.2) is 0 Å². The molecule has 2 aromatic rings. The molecule has 0 spiro atoms. The van der Waals surface area contributed by atoms with Gasteiger partial charge in [-0.2, -0.15) is 0 Å². The van der Waals surface area contributed by atoms with Gasteiger partial charge in [-0.1, -0.05) is 40.5 Å². The first-order chi connectivity index (χ1) is 8.63. The highest BCUT2D eigenvalue weighted by molar-refractivity contribution is 9.10. The molecule has 1 aromatic carbocycles. The maximum Gasteiger partial charge on any atom is 0.139 e. The molecule has 2 nitrogen and oxygen atoms in total. The number of halogens is 3. The fourth-order valence-electron chi connectivity index (χ4n) is 1.80. The van der Waals surface area contributed by atoms with E-state index in [-0.39, 0.29) is 6.04 Å². The minimum atomic E-state index is -0.0556. The normalized spacial score (nSPS) is 12.7. The Morgan fingerprint density at radius 1 is 1.33 bits per heavy atom. The summed E-state index contributed by atoms with van der Waals surface area (Å²) in [4.78, 5) is 0. The second kappa shape index (κ2) is 6.24.